The van der Waals surface area contributed by atoms with Crippen molar-refractivity contribution in [1.82, 2.24) is 4.90 Å². The van der Waals surface area contributed by atoms with Crippen LogP contribution in [0.25, 0.3) is 0 Å². The molecule has 0 aliphatic carbocycles. The van der Waals surface area contributed by atoms with E-state index in [0.29, 0.717) is 6.42 Å². The number of hydrogen-bond acceptors (Lipinski definition) is 2. The van der Waals surface area contributed by atoms with Gasteiger partial charge in [0.2, 0.25) is 5.91 Å². The Hall–Kier alpha value is -2.68. The summed E-state index contributed by atoms with van der Waals surface area (Å²) in [5, 5.41) is 0. The van der Waals surface area contributed by atoms with E-state index in [0.717, 1.165) is 22.3 Å². The fourth-order valence-electron chi connectivity index (χ4n) is 3.76. The van der Waals surface area contributed by atoms with E-state index in [2.05, 4.69) is 6.58 Å². The average Bonchev–Trinajstić information content (AvgIpc) is 2.64. The number of amides is 1. The molecule has 3 nitrogen and oxygen atoms in total. The van der Waals surface area contributed by atoms with Gasteiger partial charge in [0.05, 0.1) is 12.1 Å². The zero-order chi connectivity index (χ0) is 18.8. The van der Waals surface area contributed by atoms with Gasteiger partial charge in [-0.2, -0.15) is 0 Å². The van der Waals surface area contributed by atoms with Crippen LogP contribution in [0.3, 0.4) is 0 Å². The lowest BCUT2D eigenvalue weighted by Gasteiger charge is -2.45. The smallest absolute Gasteiger partial charge is 0.247 e. The van der Waals surface area contributed by atoms with Crippen molar-refractivity contribution in [2.45, 2.75) is 39.3 Å². The standard InChI is InChI=1S/C23H25NO2/c1-5-22(26)24-20(18-10-6-15(2)7-11-18)14-21(25)17(4)23(24)19-12-8-16(3)9-13-19/h5-13,17,20,23H,1,14H2,2-4H3. The van der Waals surface area contributed by atoms with Gasteiger partial charge in [0.1, 0.15) is 5.78 Å². The Morgan fingerprint density at radius 2 is 1.50 bits per heavy atom. The maximum Gasteiger partial charge on any atom is 0.247 e. The number of Topliss-reactive ketones (excluding diaryl/α,β-unsaturated/α-hetero) is 1. The minimum atomic E-state index is -0.284. The molecule has 3 heteroatoms. The Labute approximate surface area is 155 Å². The van der Waals surface area contributed by atoms with E-state index < -0.39 is 0 Å². The molecule has 0 N–H and O–H groups in total. The van der Waals surface area contributed by atoms with Crippen LogP contribution in [-0.2, 0) is 9.59 Å². The zero-order valence-electron chi connectivity index (χ0n) is 15.6. The molecule has 0 bridgehead atoms. The summed E-state index contributed by atoms with van der Waals surface area (Å²) in [4.78, 5) is 27.4. The first-order valence-corrected chi connectivity index (χ1v) is 9.03. The Balaban J connectivity index is 2.10. The van der Waals surface area contributed by atoms with Crippen molar-refractivity contribution in [3.63, 3.8) is 0 Å². The molecule has 0 spiro atoms. The number of rotatable bonds is 3. The van der Waals surface area contributed by atoms with Crippen molar-refractivity contribution in [2.75, 3.05) is 0 Å². The Morgan fingerprint density at radius 1 is 1.00 bits per heavy atom. The highest BCUT2D eigenvalue weighted by molar-refractivity contribution is 5.91. The molecule has 26 heavy (non-hydrogen) atoms. The largest absolute Gasteiger partial charge is 0.324 e. The van der Waals surface area contributed by atoms with Gasteiger partial charge >= 0.3 is 0 Å². The predicted octanol–water partition coefficient (Wildman–Crippen LogP) is 4.71. The van der Waals surface area contributed by atoms with Gasteiger partial charge < -0.3 is 4.90 Å². The summed E-state index contributed by atoms with van der Waals surface area (Å²) in [5.41, 5.74) is 4.28. The third kappa shape index (κ3) is 3.34. The molecule has 134 valence electrons. The summed E-state index contributed by atoms with van der Waals surface area (Å²) in [6, 6.07) is 15.6. The molecule has 2 aromatic carbocycles. The molecule has 0 aromatic heterocycles. The molecular formula is C23H25NO2. The quantitative estimate of drug-likeness (QED) is 0.754. The van der Waals surface area contributed by atoms with Crippen LogP contribution in [0.2, 0.25) is 0 Å². The summed E-state index contributed by atoms with van der Waals surface area (Å²) in [5.74, 6) is -0.196. The van der Waals surface area contributed by atoms with E-state index in [1.54, 1.807) is 0 Å². The molecule has 0 saturated carbocycles. The fraction of sp³-hybridized carbons (Fsp3) is 0.304. The van der Waals surface area contributed by atoms with Gasteiger partial charge in [0, 0.05) is 12.3 Å². The van der Waals surface area contributed by atoms with Crippen LogP contribution >= 0.6 is 0 Å². The summed E-state index contributed by atoms with van der Waals surface area (Å²) >= 11 is 0. The maximum atomic E-state index is 12.8. The number of benzene rings is 2. The minimum absolute atomic E-state index is 0.138. The first-order chi connectivity index (χ1) is 12.4. The highest BCUT2D eigenvalue weighted by atomic mass is 16.2. The summed E-state index contributed by atoms with van der Waals surface area (Å²) in [7, 11) is 0. The van der Waals surface area contributed by atoms with Gasteiger partial charge in [-0.05, 0) is 31.1 Å². The normalized spacial score (nSPS) is 23.0. The van der Waals surface area contributed by atoms with Gasteiger partial charge in [-0.3, -0.25) is 9.59 Å². The molecule has 0 radical (unpaired) electrons. The number of ketones is 1. The van der Waals surface area contributed by atoms with E-state index >= 15 is 0 Å². The highest BCUT2D eigenvalue weighted by Crippen LogP contribution is 2.43. The lowest BCUT2D eigenvalue weighted by atomic mass is 9.79. The SMILES string of the molecule is C=CC(=O)N1C(c2ccc(C)cc2)CC(=O)C(C)C1c1ccc(C)cc1. The average molecular weight is 347 g/mol. The van der Waals surface area contributed by atoms with Crippen LogP contribution in [-0.4, -0.2) is 16.6 Å². The number of aryl methyl sites for hydroxylation is 2. The van der Waals surface area contributed by atoms with Crippen molar-refractivity contribution in [1.29, 1.82) is 0 Å². The van der Waals surface area contributed by atoms with Gasteiger partial charge in [-0.1, -0.05) is 73.2 Å². The van der Waals surface area contributed by atoms with E-state index in [1.165, 1.54) is 6.08 Å². The molecule has 1 aliphatic rings. The number of piperidine rings is 1. The number of nitrogens with zero attached hydrogens (tertiary/aromatic N) is 1. The van der Waals surface area contributed by atoms with Gasteiger partial charge in [-0.25, -0.2) is 0 Å². The van der Waals surface area contributed by atoms with Crippen LogP contribution in [0.15, 0.2) is 61.2 Å². The van der Waals surface area contributed by atoms with Crippen molar-refractivity contribution in [3.8, 4) is 0 Å². The number of likely N-dealkylation sites (tertiary alicyclic amines) is 1. The van der Waals surface area contributed by atoms with E-state index in [1.807, 2.05) is 74.2 Å². The molecule has 1 fully saturated rings. The first-order valence-electron chi connectivity index (χ1n) is 9.03. The molecule has 3 unspecified atom stereocenters. The molecule has 1 amide bonds. The second-order valence-corrected chi connectivity index (χ2v) is 7.19. The summed E-state index contributed by atoms with van der Waals surface area (Å²) < 4.78 is 0. The lowest BCUT2D eigenvalue weighted by Crippen LogP contribution is -2.47. The molecule has 3 atom stereocenters. The van der Waals surface area contributed by atoms with E-state index in [4.69, 9.17) is 0 Å². The molecule has 1 saturated heterocycles. The highest BCUT2D eigenvalue weighted by Gasteiger charge is 2.43. The van der Waals surface area contributed by atoms with Crippen molar-refractivity contribution in [3.05, 3.63) is 83.4 Å². The second-order valence-electron chi connectivity index (χ2n) is 7.19. The third-order valence-electron chi connectivity index (χ3n) is 5.32. The third-order valence-corrected chi connectivity index (χ3v) is 5.32. The minimum Gasteiger partial charge on any atom is -0.324 e. The first kappa shape index (κ1) is 18.1. The van der Waals surface area contributed by atoms with Crippen LogP contribution < -0.4 is 0 Å². The number of hydrogen-bond donors (Lipinski definition) is 0. The zero-order valence-corrected chi connectivity index (χ0v) is 15.6. The van der Waals surface area contributed by atoms with Gasteiger partial charge in [0.15, 0.2) is 0 Å². The molecule has 2 aromatic rings. The van der Waals surface area contributed by atoms with Crippen LogP contribution in [0.5, 0.6) is 0 Å². The lowest BCUT2D eigenvalue weighted by molar-refractivity contribution is -0.143. The molecular weight excluding hydrogens is 322 g/mol. The molecule has 1 aliphatic heterocycles. The summed E-state index contributed by atoms with van der Waals surface area (Å²) in [6.07, 6.45) is 1.69. The fourth-order valence-corrected chi connectivity index (χ4v) is 3.76. The summed E-state index contributed by atoms with van der Waals surface area (Å²) in [6.45, 7) is 9.66. The van der Waals surface area contributed by atoms with Crippen LogP contribution in [0.1, 0.15) is 47.7 Å². The second kappa shape index (κ2) is 7.28. The predicted molar refractivity (Wildman–Crippen MR) is 104 cm³/mol. The number of carbonyl (C=O) groups excluding carboxylic acids is 2. The Morgan fingerprint density at radius 3 is 2.00 bits per heavy atom. The van der Waals surface area contributed by atoms with Crippen molar-refractivity contribution >= 4 is 11.7 Å². The van der Waals surface area contributed by atoms with Crippen molar-refractivity contribution < 1.29 is 9.59 Å². The van der Waals surface area contributed by atoms with E-state index in [-0.39, 0.29) is 29.7 Å². The topological polar surface area (TPSA) is 37.4 Å². The van der Waals surface area contributed by atoms with E-state index in [9.17, 15) is 9.59 Å². The van der Waals surface area contributed by atoms with Gasteiger partial charge in [-0.15, -0.1) is 0 Å². The Kier molecular flexibility index (Phi) is 5.08. The molecule has 3 rings (SSSR count). The molecule has 1 heterocycles. The van der Waals surface area contributed by atoms with Crippen molar-refractivity contribution in [2.24, 2.45) is 5.92 Å². The van der Waals surface area contributed by atoms with Gasteiger partial charge in [0.25, 0.3) is 0 Å². The monoisotopic (exact) mass is 347 g/mol. The van der Waals surface area contributed by atoms with Crippen LogP contribution in [0.4, 0.5) is 0 Å². The Bertz CT molecular complexity index is 820. The maximum absolute atomic E-state index is 12.8. The number of carbonyl (C=O) groups is 2. The van der Waals surface area contributed by atoms with Crippen LogP contribution in [0, 0.1) is 19.8 Å².